The molecule has 0 amide bonds. The van der Waals surface area contributed by atoms with Crippen LogP contribution in [0.15, 0.2) is 22.6 Å². The quantitative estimate of drug-likeness (QED) is 0.892. The summed E-state index contributed by atoms with van der Waals surface area (Å²) in [4.78, 5) is 10.5. The van der Waals surface area contributed by atoms with Crippen molar-refractivity contribution in [3.63, 3.8) is 0 Å². The van der Waals surface area contributed by atoms with Gasteiger partial charge in [-0.1, -0.05) is 11.6 Å². The van der Waals surface area contributed by atoms with Gasteiger partial charge in [-0.2, -0.15) is 0 Å². The predicted molar refractivity (Wildman–Crippen MR) is 61.9 cm³/mol. The Morgan fingerprint density at radius 2 is 2.25 bits per heavy atom. The minimum Gasteiger partial charge on any atom is -0.481 e. The summed E-state index contributed by atoms with van der Waals surface area (Å²) < 4.78 is 5.58. The highest BCUT2D eigenvalue weighted by atomic mass is 35.5. The first-order valence-electron chi connectivity index (χ1n) is 4.97. The van der Waals surface area contributed by atoms with E-state index in [0.29, 0.717) is 11.4 Å². The molecule has 1 N–H and O–H groups in total. The molecule has 0 unspecified atom stereocenters. The van der Waals surface area contributed by atoms with Gasteiger partial charge >= 0.3 is 5.97 Å². The molecule has 0 aliphatic carbocycles. The van der Waals surface area contributed by atoms with Crippen LogP contribution in [0.2, 0.25) is 5.02 Å². The number of hydrogen-bond donors (Lipinski definition) is 1. The summed E-state index contributed by atoms with van der Waals surface area (Å²) in [6, 6.07) is 5.39. The number of aryl methyl sites for hydroxylation is 2. The maximum Gasteiger partial charge on any atom is 0.303 e. The number of hydrogen-bond acceptors (Lipinski definition) is 2. The van der Waals surface area contributed by atoms with Crippen molar-refractivity contribution in [3.05, 3.63) is 34.5 Å². The van der Waals surface area contributed by atoms with Gasteiger partial charge in [0.1, 0.15) is 11.3 Å². The SMILES string of the molecule is Cc1c(CCC(=O)O)oc2ccc(Cl)cc12. The van der Waals surface area contributed by atoms with Crippen molar-refractivity contribution in [3.8, 4) is 0 Å². The van der Waals surface area contributed by atoms with E-state index in [-0.39, 0.29) is 6.42 Å². The minimum absolute atomic E-state index is 0.0778. The lowest BCUT2D eigenvalue weighted by Gasteiger charge is -1.94. The average Bonchev–Trinajstić information content (AvgIpc) is 2.53. The van der Waals surface area contributed by atoms with Crippen LogP contribution >= 0.6 is 11.6 Å². The van der Waals surface area contributed by atoms with Crippen molar-refractivity contribution in [2.24, 2.45) is 0 Å². The largest absolute Gasteiger partial charge is 0.481 e. The Bertz CT molecular complexity index is 542. The molecule has 0 aliphatic rings. The lowest BCUT2D eigenvalue weighted by molar-refractivity contribution is -0.137. The summed E-state index contributed by atoms with van der Waals surface area (Å²) in [6.45, 7) is 1.92. The molecular formula is C12H11ClO3. The number of halogens is 1. The molecule has 0 aliphatic heterocycles. The number of carboxylic acid groups (broad SMARTS) is 1. The summed E-state index contributed by atoms with van der Waals surface area (Å²) >= 11 is 5.89. The molecule has 2 aromatic rings. The van der Waals surface area contributed by atoms with Gasteiger partial charge in [-0.15, -0.1) is 0 Å². The van der Waals surface area contributed by atoms with Crippen molar-refractivity contribution in [2.45, 2.75) is 19.8 Å². The van der Waals surface area contributed by atoms with E-state index in [1.165, 1.54) is 0 Å². The van der Waals surface area contributed by atoms with Gasteiger partial charge in [0.25, 0.3) is 0 Å². The maximum absolute atomic E-state index is 10.5. The van der Waals surface area contributed by atoms with Crippen LogP contribution in [0.3, 0.4) is 0 Å². The zero-order chi connectivity index (χ0) is 11.7. The predicted octanol–water partition coefficient (Wildman–Crippen LogP) is 3.41. The van der Waals surface area contributed by atoms with Gasteiger partial charge in [0.2, 0.25) is 0 Å². The maximum atomic E-state index is 10.5. The number of fused-ring (bicyclic) bond motifs is 1. The monoisotopic (exact) mass is 238 g/mol. The smallest absolute Gasteiger partial charge is 0.303 e. The zero-order valence-electron chi connectivity index (χ0n) is 8.79. The van der Waals surface area contributed by atoms with Crippen molar-refractivity contribution < 1.29 is 14.3 Å². The second kappa shape index (κ2) is 4.18. The first-order chi connectivity index (χ1) is 7.58. The number of benzene rings is 1. The number of rotatable bonds is 3. The molecule has 3 nitrogen and oxygen atoms in total. The van der Waals surface area contributed by atoms with Crippen LogP contribution in [0.5, 0.6) is 0 Å². The van der Waals surface area contributed by atoms with E-state index >= 15 is 0 Å². The van der Waals surface area contributed by atoms with Gasteiger partial charge in [0, 0.05) is 16.8 Å². The van der Waals surface area contributed by atoms with Crippen molar-refractivity contribution in [1.29, 1.82) is 0 Å². The molecule has 0 saturated heterocycles. The third-order valence-corrected chi connectivity index (χ3v) is 2.80. The molecule has 4 heteroatoms. The Labute approximate surface area is 97.6 Å². The highest BCUT2D eigenvalue weighted by Crippen LogP contribution is 2.28. The van der Waals surface area contributed by atoms with Crippen LogP contribution in [0.25, 0.3) is 11.0 Å². The van der Waals surface area contributed by atoms with Crippen molar-refractivity contribution >= 4 is 28.5 Å². The third-order valence-electron chi connectivity index (χ3n) is 2.56. The Kier molecular flexibility index (Phi) is 2.88. The number of furan rings is 1. The third kappa shape index (κ3) is 2.04. The molecule has 16 heavy (non-hydrogen) atoms. The lowest BCUT2D eigenvalue weighted by atomic mass is 10.1. The van der Waals surface area contributed by atoms with Gasteiger partial charge in [-0.05, 0) is 30.7 Å². The second-order valence-corrected chi connectivity index (χ2v) is 4.12. The van der Waals surface area contributed by atoms with Gasteiger partial charge in [-0.3, -0.25) is 4.79 Å². The Morgan fingerprint density at radius 3 is 2.94 bits per heavy atom. The van der Waals surface area contributed by atoms with Gasteiger partial charge in [-0.25, -0.2) is 0 Å². The van der Waals surface area contributed by atoms with Gasteiger partial charge < -0.3 is 9.52 Å². The molecule has 0 saturated carbocycles. The molecule has 0 atom stereocenters. The summed E-state index contributed by atoms with van der Waals surface area (Å²) in [5, 5.41) is 10.2. The van der Waals surface area contributed by atoms with Gasteiger partial charge in [0.15, 0.2) is 0 Å². The lowest BCUT2D eigenvalue weighted by Crippen LogP contribution is -1.97. The van der Waals surface area contributed by atoms with E-state index in [0.717, 1.165) is 22.3 Å². The van der Waals surface area contributed by atoms with E-state index in [1.54, 1.807) is 12.1 Å². The molecule has 2 rings (SSSR count). The molecule has 1 heterocycles. The van der Waals surface area contributed by atoms with Gasteiger partial charge in [0.05, 0.1) is 6.42 Å². The highest BCUT2D eigenvalue weighted by molar-refractivity contribution is 6.31. The fourth-order valence-corrected chi connectivity index (χ4v) is 1.87. The molecule has 0 fully saturated rings. The molecule has 1 aromatic heterocycles. The zero-order valence-corrected chi connectivity index (χ0v) is 9.54. The van der Waals surface area contributed by atoms with E-state index < -0.39 is 5.97 Å². The average molecular weight is 239 g/mol. The Balaban J connectivity index is 2.40. The number of aliphatic carboxylic acids is 1. The van der Waals surface area contributed by atoms with Crippen molar-refractivity contribution in [2.75, 3.05) is 0 Å². The fourth-order valence-electron chi connectivity index (χ4n) is 1.70. The van der Waals surface area contributed by atoms with Crippen molar-refractivity contribution in [1.82, 2.24) is 0 Å². The summed E-state index contributed by atoms with van der Waals surface area (Å²) in [7, 11) is 0. The summed E-state index contributed by atoms with van der Waals surface area (Å²) in [6.07, 6.45) is 0.488. The highest BCUT2D eigenvalue weighted by Gasteiger charge is 2.11. The molecular weight excluding hydrogens is 228 g/mol. The molecule has 0 radical (unpaired) electrons. The molecule has 1 aromatic carbocycles. The Hall–Kier alpha value is -1.48. The summed E-state index contributed by atoms with van der Waals surface area (Å²) in [5.74, 6) is -0.0995. The summed E-state index contributed by atoms with van der Waals surface area (Å²) in [5.41, 5.74) is 1.72. The molecule has 0 spiro atoms. The molecule has 0 bridgehead atoms. The van der Waals surface area contributed by atoms with Crippen LogP contribution in [-0.4, -0.2) is 11.1 Å². The fraction of sp³-hybridized carbons (Fsp3) is 0.250. The van der Waals surface area contributed by atoms with E-state index in [9.17, 15) is 4.79 Å². The van der Waals surface area contributed by atoms with E-state index in [4.69, 9.17) is 21.1 Å². The van der Waals surface area contributed by atoms with Crippen LogP contribution in [0, 0.1) is 6.92 Å². The Morgan fingerprint density at radius 1 is 1.50 bits per heavy atom. The van der Waals surface area contributed by atoms with Crippen LogP contribution in [-0.2, 0) is 11.2 Å². The van der Waals surface area contributed by atoms with E-state index in [1.807, 2.05) is 13.0 Å². The number of carbonyl (C=O) groups is 1. The van der Waals surface area contributed by atoms with Crippen LogP contribution in [0.1, 0.15) is 17.7 Å². The molecule has 84 valence electrons. The minimum atomic E-state index is -0.821. The van der Waals surface area contributed by atoms with E-state index in [2.05, 4.69) is 0 Å². The van der Waals surface area contributed by atoms with Crippen LogP contribution in [0.4, 0.5) is 0 Å². The first-order valence-corrected chi connectivity index (χ1v) is 5.35. The normalized spacial score (nSPS) is 10.9. The first kappa shape index (κ1) is 11.0. The van der Waals surface area contributed by atoms with Crippen LogP contribution < -0.4 is 0 Å². The topological polar surface area (TPSA) is 50.4 Å². The number of carboxylic acids is 1. The standard InChI is InChI=1S/C12H11ClO3/c1-7-9-6-8(13)2-3-11(9)16-10(7)4-5-12(14)15/h2-3,6H,4-5H2,1H3,(H,14,15). The second-order valence-electron chi connectivity index (χ2n) is 3.68.